The van der Waals surface area contributed by atoms with Crippen molar-refractivity contribution in [3.05, 3.63) is 57.0 Å². The molecular formula is C19H21N3O3S. The van der Waals surface area contributed by atoms with Gasteiger partial charge in [0.2, 0.25) is 5.91 Å². The number of rotatable bonds is 6. The van der Waals surface area contributed by atoms with Crippen LogP contribution in [0.5, 0.6) is 5.75 Å². The first kappa shape index (κ1) is 18.1. The van der Waals surface area contributed by atoms with Crippen LogP contribution in [-0.2, 0) is 17.6 Å². The van der Waals surface area contributed by atoms with Crippen LogP contribution < -0.4 is 16.0 Å². The molecule has 0 fully saturated rings. The maximum atomic E-state index is 13.0. The molecule has 0 spiro atoms. The highest BCUT2D eigenvalue weighted by molar-refractivity contribution is 7.18. The van der Waals surface area contributed by atoms with E-state index in [9.17, 15) is 9.59 Å². The van der Waals surface area contributed by atoms with Gasteiger partial charge in [0.05, 0.1) is 12.5 Å². The number of hydrogen-bond donors (Lipinski definition) is 1. The molecular weight excluding hydrogens is 350 g/mol. The first-order chi connectivity index (χ1) is 12.4. The van der Waals surface area contributed by atoms with Crippen LogP contribution in [0.1, 0.15) is 36.2 Å². The minimum atomic E-state index is -0.766. The molecule has 0 aliphatic heterocycles. The Labute approximate surface area is 155 Å². The van der Waals surface area contributed by atoms with Crippen molar-refractivity contribution in [2.24, 2.45) is 5.73 Å². The molecule has 0 saturated carbocycles. The van der Waals surface area contributed by atoms with Gasteiger partial charge >= 0.3 is 0 Å². The summed E-state index contributed by atoms with van der Waals surface area (Å²) in [6, 6.07) is 8.64. The first-order valence-electron chi connectivity index (χ1n) is 8.40. The topological polar surface area (TPSA) is 87.2 Å². The van der Waals surface area contributed by atoms with E-state index in [1.807, 2.05) is 37.3 Å². The lowest BCUT2D eigenvalue weighted by molar-refractivity contribution is -0.120. The summed E-state index contributed by atoms with van der Waals surface area (Å²) in [4.78, 5) is 31.2. The van der Waals surface area contributed by atoms with Gasteiger partial charge in [-0.1, -0.05) is 19.1 Å². The van der Waals surface area contributed by atoms with E-state index in [0.717, 1.165) is 22.6 Å². The second kappa shape index (κ2) is 7.29. The Balaban J connectivity index is 2.15. The zero-order valence-corrected chi connectivity index (χ0v) is 15.8. The number of primary amides is 1. The van der Waals surface area contributed by atoms with Crippen LogP contribution in [0.3, 0.4) is 0 Å². The first-order valence-corrected chi connectivity index (χ1v) is 9.22. The van der Waals surface area contributed by atoms with Gasteiger partial charge in [-0.2, -0.15) is 0 Å². The standard InChI is InChI=1S/C19H21N3O3S/c1-4-14-10-15-18(26-14)21-16(22(19(15)24)11(2)17(20)23)9-12-5-7-13(25-3)8-6-12/h5-8,10-11H,4,9H2,1-3H3,(H2,20,23). The Morgan fingerprint density at radius 1 is 1.35 bits per heavy atom. The Morgan fingerprint density at radius 3 is 2.62 bits per heavy atom. The highest BCUT2D eigenvalue weighted by Gasteiger charge is 2.21. The van der Waals surface area contributed by atoms with E-state index >= 15 is 0 Å². The average molecular weight is 371 g/mol. The molecule has 3 aromatic rings. The Morgan fingerprint density at radius 2 is 2.04 bits per heavy atom. The fourth-order valence-corrected chi connectivity index (χ4v) is 3.81. The molecule has 0 aliphatic rings. The van der Waals surface area contributed by atoms with Crippen molar-refractivity contribution in [1.82, 2.24) is 9.55 Å². The largest absolute Gasteiger partial charge is 0.497 e. The normalized spacial score (nSPS) is 12.3. The second-order valence-electron chi connectivity index (χ2n) is 6.09. The van der Waals surface area contributed by atoms with Gasteiger partial charge in [0.15, 0.2) is 0 Å². The summed E-state index contributed by atoms with van der Waals surface area (Å²) >= 11 is 1.51. The van der Waals surface area contributed by atoms with Crippen LogP contribution in [-0.4, -0.2) is 22.6 Å². The molecule has 0 aliphatic carbocycles. The highest BCUT2D eigenvalue weighted by atomic mass is 32.1. The zero-order chi connectivity index (χ0) is 18.8. The maximum Gasteiger partial charge on any atom is 0.263 e. The van der Waals surface area contributed by atoms with Crippen molar-refractivity contribution in [1.29, 1.82) is 0 Å². The summed E-state index contributed by atoms with van der Waals surface area (Å²) < 4.78 is 6.59. The van der Waals surface area contributed by atoms with Crippen molar-refractivity contribution in [3.8, 4) is 5.75 Å². The van der Waals surface area contributed by atoms with Crippen LogP contribution in [0.25, 0.3) is 10.2 Å². The molecule has 1 unspecified atom stereocenters. The number of carbonyl (C=O) groups is 1. The molecule has 6 nitrogen and oxygen atoms in total. The second-order valence-corrected chi connectivity index (χ2v) is 7.21. The van der Waals surface area contributed by atoms with Crippen molar-refractivity contribution in [2.45, 2.75) is 32.7 Å². The van der Waals surface area contributed by atoms with E-state index in [1.165, 1.54) is 15.9 Å². The van der Waals surface area contributed by atoms with Crippen LogP contribution in [0.2, 0.25) is 0 Å². The Hall–Kier alpha value is -2.67. The quantitative estimate of drug-likeness (QED) is 0.722. The number of ether oxygens (including phenoxy) is 1. The lowest BCUT2D eigenvalue weighted by Crippen LogP contribution is -2.35. The molecule has 2 aromatic heterocycles. The molecule has 2 N–H and O–H groups in total. The van der Waals surface area contributed by atoms with Crippen molar-refractivity contribution >= 4 is 27.5 Å². The van der Waals surface area contributed by atoms with Gasteiger partial charge < -0.3 is 10.5 Å². The number of aryl methyl sites for hydroxylation is 1. The molecule has 0 bridgehead atoms. The molecule has 7 heteroatoms. The van der Waals surface area contributed by atoms with Gasteiger partial charge in [-0.3, -0.25) is 14.2 Å². The van der Waals surface area contributed by atoms with Gasteiger partial charge in [0.1, 0.15) is 22.4 Å². The summed E-state index contributed by atoms with van der Waals surface area (Å²) in [7, 11) is 1.61. The van der Waals surface area contributed by atoms with Crippen LogP contribution in [0.4, 0.5) is 0 Å². The zero-order valence-electron chi connectivity index (χ0n) is 15.0. The molecule has 136 valence electrons. The molecule has 1 amide bonds. The number of amides is 1. The molecule has 0 saturated heterocycles. The van der Waals surface area contributed by atoms with Gasteiger partial charge in [-0.05, 0) is 37.1 Å². The van der Waals surface area contributed by atoms with E-state index in [1.54, 1.807) is 14.0 Å². The van der Waals surface area contributed by atoms with Crippen molar-refractivity contribution in [2.75, 3.05) is 7.11 Å². The lowest BCUT2D eigenvalue weighted by atomic mass is 10.1. The molecule has 3 rings (SSSR count). The Kier molecular flexibility index (Phi) is 5.08. The maximum absolute atomic E-state index is 13.0. The highest BCUT2D eigenvalue weighted by Crippen LogP contribution is 2.24. The summed E-state index contributed by atoms with van der Waals surface area (Å²) in [5.74, 6) is 0.726. The SMILES string of the molecule is CCc1cc2c(=O)n(C(C)C(N)=O)c(Cc3ccc(OC)cc3)nc2s1. The fourth-order valence-electron chi connectivity index (χ4n) is 2.84. The van der Waals surface area contributed by atoms with E-state index in [2.05, 4.69) is 4.98 Å². The summed E-state index contributed by atoms with van der Waals surface area (Å²) in [6.45, 7) is 3.66. The number of aromatic nitrogens is 2. The number of benzene rings is 1. The number of nitrogens with two attached hydrogens (primary N) is 1. The predicted molar refractivity (Wildman–Crippen MR) is 103 cm³/mol. The number of carbonyl (C=O) groups excluding carboxylic acids is 1. The van der Waals surface area contributed by atoms with Crippen LogP contribution >= 0.6 is 11.3 Å². The van der Waals surface area contributed by atoms with E-state index in [0.29, 0.717) is 22.5 Å². The number of hydrogen-bond acceptors (Lipinski definition) is 5. The van der Waals surface area contributed by atoms with Gasteiger partial charge in [-0.25, -0.2) is 4.98 Å². The van der Waals surface area contributed by atoms with Gasteiger partial charge in [0.25, 0.3) is 5.56 Å². The minimum absolute atomic E-state index is 0.222. The van der Waals surface area contributed by atoms with Crippen LogP contribution in [0.15, 0.2) is 35.1 Å². The van der Waals surface area contributed by atoms with Gasteiger partial charge in [0, 0.05) is 11.3 Å². The number of nitrogens with zero attached hydrogens (tertiary/aromatic N) is 2. The van der Waals surface area contributed by atoms with Crippen LogP contribution in [0, 0.1) is 0 Å². The number of methoxy groups -OCH3 is 1. The molecule has 26 heavy (non-hydrogen) atoms. The van der Waals surface area contributed by atoms with E-state index in [4.69, 9.17) is 10.5 Å². The number of fused-ring (bicyclic) bond motifs is 1. The Bertz CT molecular complexity index is 1010. The summed E-state index contributed by atoms with van der Waals surface area (Å²) in [5.41, 5.74) is 6.22. The van der Waals surface area contributed by atoms with E-state index in [-0.39, 0.29) is 5.56 Å². The molecule has 2 heterocycles. The predicted octanol–water partition coefficient (Wildman–Crippen LogP) is 2.67. The summed E-state index contributed by atoms with van der Waals surface area (Å²) in [5, 5.41) is 0.540. The minimum Gasteiger partial charge on any atom is -0.497 e. The molecule has 1 atom stereocenters. The third kappa shape index (κ3) is 3.35. The lowest BCUT2D eigenvalue weighted by Gasteiger charge is -2.17. The summed E-state index contributed by atoms with van der Waals surface area (Å²) in [6.07, 6.45) is 1.26. The molecule has 1 aromatic carbocycles. The fraction of sp³-hybridized carbons (Fsp3) is 0.316. The number of thiophene rings is 1. The van der Waals surface area contributed by atoms with E-state index < -0.39 is 11.9 Å². The monoisotopic (exact) mass is 371 g/mol. The smallest absolute Gasteiger partial charge is 0.263 e. The van der Waals surface area contributed by atoms with Crippen molar-refractivity contribution in [3.63, 3.8) is 0 Å². The third-order valence-electron chi connectivity index (χ3n) is 4.39. The van der Waals surface area contributed by atoms with Crippen molar-refractivity contribution < 1.29 is 9.53 Å². The molecule has 0 radical (unpaired) electrons. The third-order valence-corrected chi connectivity index (χ3v) is 5.56. The average Bonchev–Trinajstić information content (AvgIpc) is 3.05. The van der Waals surface area contributed by atoms with Gasteiger partial charge in [-0.15, -0.1) is 11.3 Å².